The molecule has 0 saturated carbocycles. The maximum absolute atomic E-state index is 13.0. The lowest BCUT2D eigenvalue weighted by atomic mass is 10.1. The third kappa shape index (κ3) is 5.86. The van der Waals surface area contributed by atoms with Crippen molar-refractivity contribution in [3.05, 3.63) is 70.3 Å². The van der Waals surface area contributed by atoms with Gasteiger partial charge in [0.25, 0.3) is 0 Å². The molecular formula is C22H21ClF3N3O2. The second-order valence-electron chi connectivity index (χ2n) is 7.25. The van der Waals surface area contributed by atoms with Crippen LogP contribution in [0.1, 0.15) is 29.5 Å². The van der Waals surface area contributed by atoms with Crippen molar-refractivity contribution in [2.75, 3.05) is 11.9 Å². The van der Waals surface area contributed by atoms with Crippen molar-refractivity contribution in [3.8, 4) is 0 Å². The third-order valence-electron chi connectivity index (χ3n) is 5.06. The number of rotatable bonds is 6. The number of halogens is 4. The zero-order valence-electron chi connectivity index (χ0n) is 16.5. The molecule has 0 bridgehead atoms. The fraction of sp³-hybridized carbons (Fsp3) is 0.273. The lowest BCUT2D eigenvalue weighted by molar-refractivity contribution is -0.137. The van der Waals surface area contributed by atoms with E-state index in [9.17, 15) is 22.8 Å². The molecule has 1 aliphatic heterocycles. The number of carbonyl (C=O) groups excluding carboxylic acids is 2. The van der Waals surface area contributed by atoms with Gasteiger partial charge >= 0.3 is 6.18 Å². The van der Waals surface area contributed by atoms with Crippen LogP contribution in [-0.4, -0.2) is 29.3 Å². The van der Waals surface area contributed by atoms with Gasteiger partial charge in [-0.1, -0.05) is 35.9 Å². The summed E-state index contributed by atoms with van der Waals surface area (Å²) in [4.78, 5) is 25.9. The quantitative estimate of drug-likeness (QED) is 0.637. The molecule has 0 spiro atoms. The largest absolute Gasteiger partial charge is 0.417 e. The minimum absolute atomic E-state index is 0.196. The standard InChI is InChI=1S/C22H21ClF3N3O2/c23-17-9-7-14(12-16(17)22(24,25)26)8-10-20(30)28-18-5-2-1-4-15(18)13-29-11-3-6-19(29)21(27)31/h1-2,4-5,7-10,12,19H,3,6,11,13H2,(H2,27,31)(H,28,30)/b10-8+. The van der Waals surface area contributed by atoms with E-state index in [1.165, 1.54) is 12.1 Å². The maximum atomic E-state index is 13.0. The van der Waals surface area contributed by atoms with Crippen LogP contribution in [0.4, 0.5) is 18.9 Å². The van der Waals surface area contributed by atoms with Crippen molar-refractivity contribution in [1.29, 1.82) is 0 Å². The number of para-hydroxylation sites is 1. The molecule has 2 aromatic carbocycles. The Bertz CT molecular complexity index is 1010. The van der Waals surface area contributed by atoms with Crippen molar-refractivity contribution in [1.82, 2.24) is 4.90 Å². The average Bonchev–Trinajstić information content (AvgIpc) is 3.16. The first-order chi connectivity index (χ1) is 14.6. The molecule has 31 heavy (non-hydrogen) atoms. The van der Waals surface area contributed by atoms with Crippen molar-refractivity contribution in [2.45, 2.75) is 31.6 Å². The van der Waals surface area contributed by atoms with Crippen LogP contribution in [0.3, 0.4) is 0 Å². The molecule has 3 N–H and O–H groups in total. The molecule has 164 valence electrons. The van der Waals surface area contributed by atoms with Crippen LogP contribution in [0, 0.1) is 0 Å². The molecule has 2 aromatic rings. The van der Waals surface area contributed by atoms with Crippen molar-refractivity contribution >= 4 is 35.2 Å². The number of primary amides is 1. The van der Waals surface area contributed by atoms with Gasteiger partial charge in [0.1, 0.15) is 0 Å². The molecule has 5 nitrogen and oxygen atoms in total. The summed E-state index contributed by atoms with van der Waals surface area (Å²) in [5.41, 5.74) is 6.06. The summed E-state index contributed by atoms with van der Waals surface area (Å²) in [5, 5.41) is 2.33. The summed E-state index contributed by atoms with van der Waals surface area (Å²) in [6.07, 6.45) is -0.574. The topological polar surface area (TPSA) is 75.4 Å². The average molecular weight is 452 g/mol. The zero-order chi connectivity index (χ0) is 22.6. The fourth-order valence-corrected chi connectivity index (χ4v) is 3.77. The monoisotopic (exact) mass is 451 g/mol. The van der Waals surface area contributed by atoms with E-state index >= 15 is 0 Å². The van der Waals surface area contributed by atoms with Gasteiger partial charge in [-0.2, -0.15) is 13.2 Å². The van der Waals surface area contributed by atoms with Gasteiger partial charge in [0.2, 0.25) is 11.8 Å². The summed E-state index contributed by atoms with van der Waals surface area (Å²) in [6, 6.07) is 10.2. The molecule has 1 unspecified atom stereocenters. The van der Waals surface area contributed by atoms with Gasteiger partial charge in [0, 0.05) is 18.3 Å². The maximum Gasteiger partial charge on any atom is 0.417 e. The predicted octanol–water partition coefficient (Wildman–Crippen LogP) is 4.46. The zero-order valence-corrected chi connectivity index (χ0v) is 17.2. The number of likely N-dealkylation sites (tertiary alicyclic amines) is 1. The number of nitrogens with two attached hydrogens (primary N) is 1. The molecule has 1 fully saturated rings. The number of alkyl halides is 3. The molecular weight excluding hydrogens is 431 g/mol. The molecule has 9 heteroatoms. The van der Waals surface area contributed by atoms with Crippen LogP contribution in [0.5, 0.6) is 0 Å². The van der Waals surface area contributed by atoms with Crippen LogP contribution < -0.4 is 11.1 Å². The molecule has 3 rings (SSSR count). The number of hydrogen-bond donors (Lipinski definition) is 2. The van der Waals surface area contributed by atoms with E-state index in [0.717, 1.165) is 36.7 Å². The number of amides is 2. The van der Waals surface area contributed by atoms with Gasteiger partial charge in [-0.05, 0) is 54.8 Å². The highest BCUT2D eigenvalue weighted by Gasteiger charge is 2.33. The van der Waals surface area contributed by atoms with Gasteiger partial charge in [-0.3, -0.25) is 14.5 Å². The summed E-state index contributed by atoms with van der Waals surface area (Å²) < 4.78 is 38.9. The number of nitrogens with zero attached hydrogens (tertiary/aromatic N) is 1. The van der Waals surface area contributed by atoms with Gasteiger partial charge in [-0.25, -0.2) is 0 Å². The van der Waals surface area contributed by atoms with Crippen molar-refractivity contribution < 1.29 is 22.8 Å². The Balaban J connectivity index is 1.71. The highest BCUT2D eigenvalue weighted by atomic mass is 35.5. The Hall–Kier alpha value is -2.84. The van der Waals surface area contributed by atoms with Crippen LogP contribution in [0.15, 0.2) is 48.5 Å². The van der Waals surface area contributed by atoms with Crippen molar-refractivity contribution in [2.24, 2.45) is 5.73 Å². The van der Waals surface area contributed by atoms with E-state index in [1.54, 1.807) is 12.1 Å². The number of carbonyl (C=O) groups is 2. The van der Waals surface area contributed by atoms with Gasteiger partial charge in [0.05, 0.1) is 16.6 Å². The van der Waals surface area contributed by atoms with Crippen LogP contribution in [-0.2, 0) is 22.3 Å². The smallest absolute Gasteiger partial charge is 0.368 e. The summed E-state index contributed by atoms with van der Waals surface area (Å²) in [6.45, 7) is 1.17. The number of benzene rings is 2. The van der Waals surface area contributed by atoms with Gasteiger partial charge < -0.3 is 11.1 Å². The minimum atomic E-state index is -4.58. The van der Waals surface area contributed by atoms with E-state index < -0.39 is 22.7 Å². The van der Waals surface area contributed by atoms with E-state index in [1.807, 2.05) is 17.0 Å². The van der Waals surface area contributed by atoms with Gasteiger partial charge in [0.15, 0.2) is 0 Å². The first-order valence-corrected chi connectivity index (χ1v) is 10.00. The summed E-state index contributed by atoms with van der Waals surface area (Å²) >= 11 is 5.61. The van der Waals surface area contributed by atoms with Crippen LogP contribution >= 0.6 is 11.6 Å². The molecule has 0 aliphatic carbocycles. The molecule has 1 saturated heterocycles. The van der Waals surface area contributed by atoms with Gasteiger partial charge in [-0.15, -0.1) is 0 Å². The van der Waals surface area contributed by atoms with Crippen molar-refractivity contribution in [3.63, 3.8) is 0 Å². The summed E-state index contributed by atoms with van der Waals surface area (Å²) in [5.74, 6) is -0.869. The number of anilines is 1. The second kappa shape index (κ2) is 9.53. The molecule has 1 heterocycles. The Morgan fingerprint density at radius 2 is 1.97 bits per heavy atom. The van der Waals surface area contributed by atoms with E-state index in [-0.39, 0.29) is 17.5 Å². The first-order valence-electron chi connectivity index (χ1n) is 9.62. The minimum Gasteiger partial charge on any atom is -0.368 e. The summed E-state index contributed by atoms with van der Waals surface area (Å²) in [7, 11) is 0. The highest BCUT2D eigenvalue weighted by Crippen LogP contribution is 2.35. The Labute approximate surface area is 182 Å². The molecule has 2 amide bonds. The first kappa shape index (κ1) is 22.8. The third-order valence-corrected chi connectivity index (χ3v) is 5.39. The predicted molar refractivity (Wildman–Crippen MR) is 113 cm³/mol. The van der Waals surface area contributed by atoms with E-state index in [4.69, 9.17) is 17.3 Å². The SMILES string of the molecule is NC(=O)C1CCCN1Cc1ccccc1NC(=O)/C=C/c1ccc(Cl)c(C(F)(F)F)c1. The normalized spacial score (nSPS) is 17.2. The lowest BCUT2D eigenvalue weighted by Gasteiger charge is -2.23. The Kier molecular flexibility index (Phi) is 7.02. The molecule has 1 atom stereocenters. The second-order valence-corrected chi connectivity index (χ2v) is 7.65. The van der Waals surface area contributed by atoms with Crippen LogP contribution in [0.25, 0.3) is 6.08 Å². The molecule has 0 aromatic heterocycles. The Morgan fingerprint density at radius 1 is 1.23 bits per heavy atom. The Morgan fingerprint density at radius 3 is 2.68 bits per heavy atom. The molecule has 1 aliphatic rings. The van der Waals surface area contributed by atoms with E-state index in [2.05, 4.69) is 5.32 Å². The van der Waals surface area contributed by atoms with E-state index in [0.29, 0.717) is 18.7 Å². The number of hydrogen-bond acceptors (Lipinski definition) is 3. The lowest BCUT2D eigenvalue weighted by Crippen LogP contribution is -2.39. The van der Waals surface area contributed by atoms with Crippen LogP contribution in [0.2, 0.25) is 5.02 Å². The number of nitrogens with one attached hydrogen (secondary N) is 1. The molecule has 0 radical (unpaired) electrons. The highest BCUT2D eigenvalue weighted by molar-refractivity contribution is 6.31. The fourth-order valence-electron chi connectivity index (χ4n) is 3.55.